The van der Waals surface area contributed by atoms with Crippen LogP contribution >= 0.6 is 11.8 Å². The highest BCUT2D eigenvalue weighted by molar-refractivity contribution is 8.00. The summed E-state index contributed by atoms with van der Waals surface area (Å²) in [6.07, 6.45) is -4.93. The Morgan fingerprint density at radius 3 is 2.52 bits per heavy atom. The van der Waals surface area contributed by atoms with Gasteiger partial charge >= 0.3 is 12.3 Å². The molecule has 1 aliphatic rings. The van der Waals surface area contributed by atoms with Gasteiger partial charge in [-0.05, 0) is 31.2 Å². The molecule has 148 valence electrons. The minimum absolute atomic E-state index is 0.0920. The largest absolute Gasteiger partial charge is 0.573 e. The second-order valence-corrected chi connectivity index (χ2v) is 6.73. The molecule has 2 amide bonds. The number of carbonyl (C=O) groups excluding carboxylic acids is 3. The second-order valence-electron chi connectivity index (χ2n) is 5.49. The molecular weight excluding hydrogens is 389 g/mol. The number of ether oxygens (including phenoxy) is 2. The molecule has 0 aliphatic carbocycles. The Hall–Kier alpha value is -2.27. The molecule has 1 saturated heterocycles. The summed E-state index contributed by atoms with van der Waals surface area (Å²) in [6.45, 7) is 1.82. The zero-order chi connectivity index (χ0) is 20.2. The first-order valence-corrected chi connectivity index (χ1v) is 8.93. The lowest BCUT2D eigenvalue weighted by molar-refractivity contribution is -0.274. The molecule has 2 atom stereocenters. The van der Waals surface area contributed by atoms with Crippen LogP contribution in [0.15, 0.2) is 24.3 Å². The summed E-state index contributed by atoms with van der Waals surface area (Å²) in [5, 5.41) is -0.732. The first-order valence-electron chi connectivity index (χ1n) is 7.88. The van der Waals surface area contributed by atoms with E-state index in [4.69, 9.17) is 10.5 Å². The lowest BCUT2D eigenvalue weighted by atomic mass is 10.3. The van der Waals surface area contributed by atoms with Gasteiger partial charge in [-0.1, -0.05) is 0 Å². The minimum Gasteiger partial charge on any atom is -0.465 e. The predicted molar refractivity (Wildman–Crippen MR) is 91.1 cm³/mol. The molecule has 1 aliphatic heterocycles. The quantitative estimate of drug-likeness (QED) is 0.545. The molecule has 2 N–H and O–H groups in total. The molecule has 1 aromatic rings. The van der Waals surface area contributed by atoms with Gasteiger partial charge in [0.1, 0.15) is 11.8 Å². The molecule has 0 saturated carbocycles. The Kier molecular flexibility index (Phi) is 6.71. The lowest BCUT2D eigenvalue weighted by Gasteiger charge is -2.16. The third-order valence-corrected chi connectivity index (χ3v) is 4.82. The van der Waals surface area contributed by atoms with Gasteiger partial charge in [-0.3, -0.25) is 14.4 Å². The number of thioether (sulfide) groups is 1. The van der Waals surface area contributed by atoms with Gasteiger partial charge in [0.05, 0.1) is 17.5 Å². The normalized spacial score (nSPS) is 18.6. The SMILES string of the molecule is CCOC(=O)[C@H](N)CS[C@H]1CC(=O)N(c2ccc(OC(F)(F)F)cc2)C1=O. The van der Waals surface area contributed by atoms with Crippen LogP contribution in [0.5, 0.6) is 5.75 Å². The molecule has 0 unspecified atom stereocenters. The fourth-order valence-electron chi connectivity index (χ4n) is 2.34. The van der Waals surface area contributed by atoms with Gasteiger partial charge in [0.15, 0.2) is 0 Å². The van der Waals surface area contributed by atoms with Gasteiger partial charge in [-0.25, -0.2) is 4.90 Å². The van der Waals surface area contributed by atoms with E-state index in [-0.39, 0.29) is 24.5 Å². The average Bonchev–Trinajstić information content (AvgIpc) is 2.86. The predicted octanol–water partition coefficient (Wildman–Crippen LogP) is 1.84. The number of rotatable bonds is 7. The van der Waals surface area contributed by atoms with Gasteiger partial charge in [0.2, 0.25) is 11.8 Å². The van der Waals surface area contributed by atoms with Crippen LogP contribution in [0.25, 0.3) is 0 Å². The Morgan fingerprint density at radius 1 is 1.33 bits per heavy atom. The van der Waals surface area contributed by atoms with Crippen LogP contribution in [-0.4, -0.2) is 47.8 Å². The van der Waals surface area contributed by atoms with Gasteiger partial charge in [-0.2, -0.15) is 0 Å². The van der Waals surface area contributed by atoms with Crippen LogP contribution in [-0.2, 0) is 19.1 Å². The number of carbonyl (C=O) groups is 3. The van der Waals surface area contributed by atoms with E-state index >= 15 is 0 Å². The Bertz CT molecular complexity index is 711. The number of amides is 2. The highest BCUT2D eigenvalue weighted by atomic mass is 32.2. The standard InChI is InChI=1S/C16H17F3N2O5S/c1-2-25-15(24)11(20)8-27-12-7-13(22)21(14(12)23)9-3-5-10(6-4-9)26-16(17,18)19/h3-6,11-12H,2,7-8,20H2,1H3/t11-,12+/m1/s1. The van der Waals surface area contributed by atoms with Gasteiger partial charge in [0.25, 0.3) is 0 Å². The van der Waals surface area contributed by atoms with Crippen molar-refractivity contribution in [2.75, 3.05) is 17.3 Å². The second kappa shape index (κ2) is 8.61. The summed E-state index contributed by atoms with van der Waals surface area (Å²) in [4.78, 5) is 37.0. The van der Waals surface area contributed by atoms with Crippen molar-refractivity contribution in [2.24, 2.45) is 5.73 Å². The molecular formula is C16H17F3N2O5S. The number of esters is 1. The highest BCUT2D eigenvalue weighted by Gasteiger charge is 2.40. The summed E-state index contributed by atoms with van der Waals surface area (Å²) < 4.78 is 45.1. The molecule has 27 heavy (non-hydrogen) atoms. The monoisotopic (exact) mass is 406 g/mol. The molecule has 1 heterocycles. The van der Waals surface area contributed by atoms with Crippen LogP contribution in [0, 0.1) is 0 Å². The van der Waals surface area contributed by atoms with E-state index in [9.17, 15) is 27.6 Å². The third kappa shape index (κ3) is 5.60. The number of nitrogens with zero attached hydrogens (tertiary/aromatic N) is 1. The van der Waals surface area contributed by atoms with E-state index in [2.05, 4.69) is 4.74 Å². The number of benzene rings is 1. The summed E-state index contributed by atoms with van der Waals surface area (Å²) >= 11 is 1.06. The summed E-state index contributed by atoms with van der Waals surface area (Å²) in [7, 11) is 0. The number of nitrogens with two attached hydrogens (primary N) is 1. The number of hydrogen-bond donors (Lipinski definition) is 1. The van der Waals surface area contributed by atoms with Crippen LogP contribution in [0.3, 0.4) is 0 Å². The highest BCUT2D eigenvalue weighted by Crippen LogP contribution is 2.31. The van der Waals surface area contributed by atoms with Crippen LogP contribution in [0.4, 0.5) is 18.9 Å². The van der Waals surface area contributed by atoms with E-state index in [1.165, 1.54) is 12.1 Å². The topological polar surface area (TPSA) is 98.9 Å². The average molecular weight is 406 g/mol. The molecule has 1 aromatic carbocycles. The molecule has 0 bridgehead atoms. The van der Waals surface area contributed by atoms with Crippen molar-refractivity contribution in [3.05, 3.63) is 24.3 Å². The minimum atomic E-state index is -4.83. The molecule has 11 heteroatoms. The first kappa shape index (κ1) is 21.0. The van der Waals surface area contributed by atoms with E-state index < -0.39 is 41.2 Å². The number of halogens is 3. The van der Waals surface area contributed by atoms with Gasteiger partial charge < -0.3 is 15.2 Å². The van der Waals surface area contributed by atoms with E-state index in [0.29, 0.717) is 0 Å². The van der Waals surface area contributed by atoms with Gasteiger partial charge in [0, 0.05) is 12.2 Å². The molecule has 0 aromatic heterocycles. The van der Waals surface area contributed by atoms with E-state index in [1.807, 2.05) is 0 Å². The molecule has 7 nitrogen and oxygen atoms in total. The van der Waals surface area contributed by atoms with Crippen molar-refractivity contribution < 1.29 is 37.0 Å². The zero-order valence-corrected chi connectivity index (χ0v) is 15.0. The van der Waals surface area contributed by atoms with Crippen LogP contribution in [0.2, 0.25) is 0 Å². The number of alkyl halides is 3. The Morgan fingerprint density at radius 2 is 1.96 bits per heavy atom. The maximum atomic E-state index is 12.5. The summed E-state index contributed by atoms with van der Waals surface area (Å²) in [5.74, 6) is -1.98. The lowest BCUT2D eigenvalue weighted by Crippen LogP contribution is -2.36. The van der Waals surface area contributed by atoms with Crippen molar-refractivity contribution in [3.8, 4) is 5.75 Å². The van der Waals surface area contributed by atoms with E-state index in [0.717, 1.165) is 28.8 Å². The van der Waals surface area contributed by atoms with Crippen molar-refractivity contribution in [1.29, 1.82) is 0 Å². The molecule has 0 radical (unpaired) electrons. The zero-order valence-electron chi connectivity index (χ0n) is 14.2. The fourth-order valence-corrected chi connectivity index (χ4v) is 3.42. The summed E-state index contributed by atoms with van der Waals surface area (Å²) in [5.41, 5.74) is 5.80. The smallest absolute Gasteiger partial charge is 0.465 e. The van der Waals surface area contributed by atoms with Crippen LogP contribution < -0.4 is 15.4 Å². The van der Waals surface area contributed by atoms with Crippen molar-refractivity contribution in [1.82, 2.24) is 0 Å². The van der Waals surface area contributed by atoms with Crippen molar-refractivity contribution in [2.45, 2.75) is 31.0 Å². The maximum absolute atomic E-state index is 12.5. The van der Waals surface area contributed by atoms with Crippen LogP contribution in [0.1, 0.15) is 13.3 Å². The number of imide groups is 1. The van der Waals surface area contributed by atoms with E-state index in [1.54, 1.807) is 6.92 Å². The molecule has 1 fully saturated rings. The third-order valence-electron chi connectivity index (χ3n) is 3.50. The number of anilines is 1. The maximum Gasteiger partial charge on any atom is 0.573 e. The van der Waals surface area contributed by atoms with Gasteiger partial charge in [-0.15, -0.1) is 24.9 Å². The summed E-state index contributed by atoms with van der Waals surface area (Å²) in [6, 6.07) is 3.48. The molecule has 0 spiro atoms. The molecule has 2 rings (SSSR count). The van der Waals surface area contributed by atoms with Crippen molar-refractivity contribution >= 4 is 35.2 Å². The Labute approximate surface area is 157 Å². The number of hydrogen-bond acceptors (Lipinski definition) is 7. The first-order chi connectivity index (χ1) is 12.6. The van der Waals surface area contributed by atoms with Crippen molar-refractivity contribution in [3.63, 3.8) is 0 Å². The Balaban J connectivity index is 2.00. The fraction of sp³-hybridized carbons (Fsp3) is 0.438.